The van der Waals surface area contributed by atoms with Crippen molar-refractivity contribution in [1.82, 2.24) is 20.2 Å². The molecule has 0 aliphatic carbocycles. The minimum atomic E-state index is 0.0758. The molecule has 4 rings (SSSR count). The molecule has 3 aromatic heterocycles. The monoisotopic (exact) mass is 339 g/mol. The molecule has 1 N–H and O–H groups in total. The number of anilines is 1. The number of nitrogens with zero attached hydrogens (tertiary/aromatic N) is 4. The first-order chi connectivity index (χ1) is 12.2. The van der Waals surface area contributed by atoms with Gasteiger partial charge < -0.3 is 14.4 Å². The van der Waals surface area contributed by atoms with Crippen LogP contribution in [0.15, 0.2) is 30.6 Å². The largest absolute Gasteiger partial charge is 0.490 e. The molecule has 0 bridgehead atoms. The number of fused-ring (bicyclic) bond motifs is 1. The van der Waals surface area contributed by atoms with Crippen molar-refractivity contribution in [3.05, 3.63) is 30.6 Å². The molecule has 0 spiro atoms. The predicted molar refractivity (Wildman–Crippen MR) is 95.9 cm³/mol. The van der Waals surface area contributed by atoms with E-state index in [4.69, 9.17) is 14.5 Å². The Morgan fingerprint density at radius 2 is 2.04 bits per heavy atom. The number of H-pyrrole nitrogens is 1. The number of hydrogen-bond donors (Lipinski definition) is 1. The van der Waals surface area contributed by atoms with Gasteiger partial charge in [-0.05, 0) is 26.0 Å². The SMILES string of the molecule is CC(C)Oc1cc(N2CCOCC2)nc2c(-c3ccn[nH]3)nccc12. The molecule has 25 heavy (non-hydrogen) atoms. The molecule has 3 aromatic rings. The van der Waals surface area contributed by atoms with Crippen LogP contribution >= 0.6 is 0 Å². The molecule has 7 nitrogen and oxygen atoms in total. The van der Waals surface area contributed by atoms with Crippen LogP contribution in [0.4, 0.5) is 5.82 Å². The quantitative estimate of drug-likeness (QED) is 0.787. The van der Waals surface area contributed by atoms with Crippen molar-refractivity contribution in [3.63, 3.8) is 0 Å². The zero-order valence-electron chi connectivity index (χ0n) is 14.4. The summed E-state index contributed by atoms with van der Waals surface area (Å²) < 4.78 is 11.5. The molecule has 7 heteroatoms. The smallest absolute Gasteiger partial charge is 0.133 e. The first-order valence-corrected chi connectivity index (χ1v) is 8.51. The van der Waals surface area contributed by atoms with Crippen LogP contribution in [-0.4, -0.2) is 52.6 Å². The first-order valence-electron chi connectivity index (χ1n) is 8.51. The molecule has 130 valence electrons. The first kappa shape index (κ1) is 15.8. The van der Waals surface area contributed by atoms with Crippen LogP contribution in [0.5, 0.6) is 5.75 Å². The normalized spacial score (nSPS) is 15.1. The molecule has 0 saturated carbocycles. The maximum Gasteiger partial charge on any atom is 0.133 e. The van der Waals surface area contributed by atoms with E-state index in [1.165, 1.54) is 0 Å². The van der Waals surface area contributed by atoms with Crippen molar-refractivity contribution in [2.75, 3.05) is 31.2 Å². The Morgan fingerprint density at radius 3 is 2.76 bits per heavy atom. The number of morpholine rings is 1. The molecule has 0 unspecified atom stereocenters. The molecule has 0 amide bonds. The Labute approximate surface area is 146 Å². The minimum Gasteiger partial charge on any atom is -0.490 e. The number of aromatic amines is 1. The minimum absolute atomic E-state index is 0.0758. The second kappa shape index (κ2) is 6.68. The Kier molecular flexibility index (Phi) is 4.23. The molecule has 1 saturated heterocycles. The van der Waals surface area contributed by atoms with Gasteiger partial charge in [0.1, 0.15) is 22.8 Å². The van der Waals surface area contributed by atoms with Gasteiger partial charge in [-0.25, -0.2) is 4.98 Å². The van der Waals surface area contributed by atoms with Crippen molar-refractivity contribution in [2.45, 2.75) is 20.0 Å². The van der Waals surface area contributed by atoms with E-state index in [0.29, 0.717) is 13.2 Å². The van der Waals surface area contributed by atoms with E-state index in [1.54, 1.807) is 12.4 Å². The lowest BCUT2D eigenvalue weighted by Gasteiger charge is -2.28. The van der Waals surface area contributed by atoms with E-state index in [0.717, 1.165) is 46.9 Å². The zero-order valence-corrected chi connectivity index (χ0v) is 14.4. The number of pyridine rings is 2. The average Bonchev–Trinajstić information content (AvgIpc) is 3.16. The van der Waals surface area contributed by atoms with Gasteiger partial charge in [0.15, 0.2) is 0 Å². The third-order valence-corrected chi connectivity index (χ3v) is 4.13. The van der Waals surface area contributed by atoms with Crippen LogP contribution in [-0.2, 0) is 4.74 Å². The van der Waals surface area contributed by atoms with E-state index >= 15 is 0 Å². The van der Waals surface area contributed by atoms with Crippen LogP contribution in [0, 0.1) is 0 Å². The van der Waals surface area contributed by atoms with E-state index in [2.05, 4.69) is 20.1 Å². The highest BCUT2D eigenvalue weighted by Gasteiger charge is 2.19. The van der Waals surface area contributed by atoms with Crippen molar-refractivity contribution < 1.29 is 9.47 Å². The lowest BCUT2D eigenvalue weighted by atomic mass is 10.1. The molecular formula is C18H21N5O2. The summed E-state index contributed by atoms with van der Waals surface area (Å²) in [7, 11) is 0. The molecule has 0 aromatic carbocycles. The maximum absolute atomic E-state index is 6.08. The third-order valence-electron chi connectivity index (χ3n) is 4.13. The summed E-state index contributed by atoms with van der Waals surface area (Å²) >= 11 is 0. The number of ether oxygens (including phenoxy) is 2. The second-order valence-electron chi connectivity index (χ2n) is 6.27. The fourth-order valence-corrected chi connectivity index (χ4v) is 3.00. The van der Waals surface area contributed by atoms with Gasteiger partial charge in [0.2, 0.25) is 0 Å². The zero-order chi connectivity index (χ0) is 17.2. The topological polar surface area (TPSA) is 76.2 Å². The van der Waals surface area contributed by atoms with Crippen molar-refractivity contribution in [1.29, 1.82) is 0 Å². The van der Waals surface area contributed by atoms with E-state index in [9.17, 15) is 0 Å². The summed E-state index contributed by atoms with van der Waals surface area (Å²) in [5.41, 5.74) is 2.43. The average molecular weight is 339 g/mol. The van der Waals surface area contributed by atoms with Gasteiger partial charge in [0.05, 0.1) is 25.0 Å². The molecule has 1 aliphatic rings. The Bertz CT molecular complexity index is 857. The number of hydrogen-bond acceptors (Lipinski definition) is 6. The summed E-state index contributed by atoms with van der Waals surface area (Å²) in [5.74, 6) is 1.71. The highest BCUT2D eigenvalue weighted by atomic mass is 16.5. The predicted octanol–water partition coefficient (Wildman–Crippen LogP) is 2.64. The lowest BCUT2D eigenvalue weighted by Crippen LogP contribution is -2.36. The summed E-state index contributed by atoms with van der Waals surface area (Å²) in [6, 6.07) is 5.86. The van der Waals surface area contributed by atoms with Gasteiger partial charge in [-0.2, -0.15) is 5.10 Å². The fraction of sp³-hybridized carbons (Fsp3) is 0.389. The van der Waals surface area contributed by atoms with Crippen LogP contribution in [0.2, 0.25) is 0 Å². The van der Waals surface area contributed by atoms with Gasteiger partial charge in [-0.3, -0.25) is 10.1 Å². The van der Waals surface area contributed by atoms with Gasteiger partial charge in [0.25, 0.3) is 0 Å². The van der Waals surface area contributed by atoms with Crippen LogP contribution in [0.25, 0.3) is 22.3 Å². The molecule has 1 aliphatic heterocycles. The highest BCUT2D eigenvalue weighted by Crippen LogP contribution is 2.34. The molecule has 4 heterocycles. The fourth-order valence-electron chi connectivity index (χ4n) is 3.00. The van der Waals surface area contributed by atoms with Gasteiger partial charge in [-0.15, -0.1) is 0 Å². The van der Waals surface area contributed by atoms with Gasteiger partial charge in [0, 0.05) is 36.9 Å². The van der Waals surface area contributed by atoms with Crippen LogP contribution in [0.1, 0.15) is 13.8 Å². The summed E-state index contributed by atoms with van der Waals surface area (Å²) in [6.45, 7) is 7.11. The molecule has 0 radical (unpaired) electrons. The van der Waals surface area contributed by atoms with Crippen LogP contribution < -0.4 is 9.64 Å². The van der Waals surface area contributed by atoms with Crippen molar-refractivity contribution in [3.8, 4) is 17.1 Å². The van der Waals surface area contributed by atoms with Gasteiger partial charge >= 0.3 is 0 Å². The Balaban J connectivity index is 1.90. The van der Waals surface area contributed by atoms with Gasteiger partial charge in [-0.1, -0.05) is 0 Å². The summed E-state index contributed by atoms with van der Waals surface area (Å²) in [5, 5.41) is 7.96. The molecular weight excluding hydrogens is 318 g/mol. The lowest BCUT2D eigenvalue weighted by molar-refractivity contribution is 0.122. The number of aromatic nitrogens is 4. The van der Waals surface area contributed by atoms with Crippen molar-refractivity contribution >= 4 is 16.7 Å². The maximum atomic E-state index is 6.08. The highest BCUT2D eigenvalue weighted by molar-refractivity contribution is 5.95. The second-order valence-corrected chi connectivity index (χ2v) is 6.27. The number of rotatable bonds is 4. The third kappa shape index (κ3) is 3.15. The van der Waals surface area contributed by atoms with E-state index in [1.807, 2.05) is 32.0 Å². The van der Waals surface area contributed by atoms with Crippen molar-refractivity contribution in [2.24, 2.45) is 0 Å². The Morgan fingerprint density at radius 1 is 1.20 bits per heavy atom. The summed E-state index contributed by atoms with van der Waals surface area (Å²) in [6.07, 6.45) is 3.57. The number of nitrogens with one attached hydrogen (secondary N) is 1. The summed E-state index contributed by atoms with van der Waals surface area (Å²) in [4.78, 5) is 11.6. The van der Waals surface area contributed by atoms with Crippen LogP contribution in [0.3, 0.4) is 0 Å². The van der Waals surface area contributed by atoms with E-state index in [-0.39, 0.29) is 6.10 Å². The molecule has 0 atom stereocenters. The standard InChI is InChI=1S/C18H21N5O2/c1-12(2)25-15-11-16(23-7-9-24-10-8-23)21-17-13(15)3-5-19-18(17)14-4-6-20-22-14/h3-6,11-12H,7-10H2,1-2H3,(H,20,22). The Hall–Kier alpha value is -2.67. The van der Waals surface area contributed by atoms with E-state index < -0.39 is 0 Å². The molecule has 1 fully saturated rings.